The van der Waals surface area contributed by atoms with Gasteiger partial charge < -0.3 is 13.6 Å². The molecule has 4 aromatic rings. The van der Waals surface area contributed by atoms with E-state index >= 15 is 0 Å². The zero-order valence-electron chi connectivity index (χ0n) is 17.7. The molecule has 0 N–H and O–H groups in total. The molecule has 0 radical (unpaired) electrons. The monoisotopic (exact) mass is 443 g/mol. The molecule has 0 unspecified atom stereocenters. The van der Waals surface area contributed by atoms with E-state index < -0.39 is 29.3 Å². The van der Waals surface area contributed by atoms with Crippen LogP contribution in [-0.4, -0.2) is 28.7 Å². The highest BCUT2D eigenvalue weighted by molar-refractivity contribution is 6.22. The van der Waals surface area contributed by atoms with Crippen molar-refractivity contribution in [1.82, 2.24) is 4.90 Å². The van der Waals surface area contributed by atoms with E-state index in [1.54, 1.807) is 42.5 Å². The number of amides is 2. The number of ether oxygens (including phenoxy) is 1. The molecule has 8 heteroatoms. The van der Waals surface area contributed by atoms with E-state index in [9.17, 15) is 19.2 Å². The standard InChI is InChI=1S/C25H17NO7/c1-13-9-10-18-17(12-13)20(27)22(21(32-18)19-8-5-11-31-19)33-25(30)14(2)26-23(28)15-6-3-4-7-16(15)24(26)29/h3-12,14H,1-2H3/t14-/m0/s1. The summed E-state index contributed by atoms with van der Waals surface area (Å²) in [5, 5.41) is 0.224. The van der Waals surface area contributed by atoms with Crippen LogP contribution in [0.4, 0.5) is 0 Å². The Morgan fingerprint density at radius 3 is 2.30 bits per heavy atom. The molecule has 1 aliphatic heterocycles. The van der Waals surface area contributed by atoms with Gasteiger partial charge in [-0.2, -0.15) is 0 Å². The predicted molar refractivity (Wildman–Crippen MR) is 117 cm³/mol. The van der Waals surface area contributed by atoms with Crippen LogP contribution in [0.25, 0.3) is 22.5 Å². The summed E-state index contributed by atoms with van der Waals surface area (Å²) in [6.07, 6.45) is 1.39. The molecule has 1 atom stereocenters. The maximum absolute atomic E-state index is 13.3. The third-order valence-electron chi connectivity index (χ3n) is 5.51. The number of furan rings is 1. The molecule has 5 rings (SSSR count). The molecular formula is C25H17NO7. The van der Waals surface area contributed by atoms with Crippen molar-refractivity contribution in [2.24, 2.45) is 0 Å². The number of rotatable bonds is 4. The highest BCUT2D eigenvalue weighted by Crippen LogP contribution is 2.32. The van der Waals surface area contributed by atoms with Gasteiger partial charge in [-0.15, -0.1) is 0 Å². The summed E-state index contributed by atoms with van der Waals surface area (Å²) >= 11 is 0. The zero-order valence-corrected chi connectivity index (χ0v) is 17.7. The molecule has 164 valence electrons. The fourth-order valence-corrected chi connectivity index (χ4v) is 3.81. The van der Waals surface area contributed by atoms with Crippen LogP contribution in [0, 0.1) is 6.92 Å². The van der Waals surface area contributed by atoms with Gasteiger partial charge in [0.1, 0.15) is 11.6 Å². The van der Waals surface area contributed by atoms with E-state index in [0.717, 1.165) is 10.5 Å². The minimum absolute atomic E-state index is 0.0655. The highest BCUT2D eigenvalue weighted by atomic mass is 16.5. The number of imide groups is 1. The smallest absolute Gasteiger partial charge is 0.334 e. The first-order valence-corrected chi connectivity index (χ1v) is 10.2. The van der Waals surface area contributed by atoms with Gasteiger partial charge in [0.2, 0.25) is 16.9 Å². The summed E-state index contributed by atoms with van der Waals surface area (Å²) in [5.74, 6) is -2.43. The molecule has 0 saturated heterocycles. The van der Waals surface area contributed by atoms with Crippen LogP contribution in [-0.2, 0) is 4.79 Å². The van der Waals surface area contributed by atoms with Crippen LogP contribution in [0.15, 0.2) is 74.5 Å². The second-order valence-electron chi connectivity index (χ2n) is 7.69. The van der Waals surface area contributed by atoms with Gasteiger partial charge in [0.15, 0.2) is 5.76 Å². The van der Waals surface area contributed by atoms with Crippen LogP contribution in [0.1, 0.15) is 33.2 Å². The van der Waals surface area contributed by atoms with Crippen molar-refractivity contribution in [3.8, 4) is 17.3 Å². The Hall–Kier alpha value is -4.46. The van der Waals surface area contributed by atoms with Gasteiger partial charge in [-0.05, 0) is 50.2 Å². The number of nitrogens with zero attached hydrogens (tertiary/aromatic N) is 1. The second-order valence-corrected chi connectivity index (χ2v) is 7.69. The molecular weight excluding hydrogens is 426 g/mol. The molecule has 0 bridgehead atoms. The molecule has 3 heterocycles. The van der Waals surface area contributed by atoms with Crippen LogP contribution in [0.5, 0.6) is 5.75 Å². The largest absolute Gasteiger partial charge is 0.461 e. The van der Waals surface area contributed by atoms with Crippen molar-refractivity contribution in [3.05, 3.63) is 87.8 Å². The molecule has 0 fully saturated rings. The number of hydrogen-bond acceptors (Lipinski definition) is 7. The maximum atomic E-state index is 13.3. The van der Waals surface area contributed by atoms with Crippen molar-refractivity contribution in [2.75, 3.05) is 0 Å². The predicted octanol–water partition coefficient (Wildman–Crippen LogP) is 3.95. The van der Waals surface area contributed by atoms with E-state index in [-0.39, 0.29) is 33.8 Å². The van der Waals surface area contributed by atoms with Crippen molar-refractivity contribution < 1.29 is 28.0 Å². The first kappa shape index (κ1) is 20.4. The summed E-state index contributed by atoms with van der Waals surface area (Å²) < 4.78 is 16.7. The Labute approximate surface area is 187 Å². The molecule has 2 amide bonds. The summed E-state index contributed by atoms with van der Waals surface area (Å²) in [6.45, 7) is 3.18. The van der Waals surface area contributed by atoms with Gasteiger partial charge in [0.05, 0.1) is 22.8 Å². The average Bonchev–Trinajstić information content (AvgIpc) is 3.43. The number of carbonyl (C=O) groups is 3. The molecule has 2 aromatic heterocycles. The molecule has 2 aromatic carbocycles. The van der Waals surface area contributed by atoms with E-state index in [0.29, 0.717) is 5.58 Å². The molecule has 1 aliphatic rings. The van der Waals surface area contributed by atoms with Crippen molar-refractivity contribution >= 4 is 28.8 Å². The maximum Gasteiger partial charge on any atom is 0.334 e. The second kappa shape index (κ2) is 7.59. The molecule has 0 spiro atoms. The average molecular weight is 443 g/mol. The minimum Gasteiger partial charge on any atom is -0.461 e. The lowest BCUT2D eigenvalue weighted by Gasteiger charge is -2.21. The number of hydrogen-bond donors (Lipinski definition) is 0. The topological polar surface area (TPSA) is 107 Å². The van der Waals surface area contributed by atoms with Gasteiger partial charge in [0, 0.05) is 0 Å². The van der Waals surface area contributed by atoms with E-state index in [2.05, 4.69) is 0 Å². The Kier molecular flexibility index (Phi) is 4.70. The number of fused-ring (bicyclic) bond motifs is 2. The lowest BCUT2D eigenvalue weighted by Crippen LogP contribution is -2.45. The van der Waals surface area contributed by atoms with E-state index in [1.807, 2.05) is 6.92 Å². The fourth-order valence-electron chi connectivity index (χ4n) is 3.81. The Morgan fingerprint density at radius 1 is 0.970 bits per heavy atom. The normalized spacial score (nSPS) is 13.9. The number of esters is 1. The van der Waals surface area contributed by atoms with Gasteiger partial charge in [0.25, 0.3) is 11.8 Å². The SMILES string of the molecule is Cc1ccc2oc(-c3ccco3)c(OC(=O)[C@H](C)N3C(=O)c4ccccc4C3=O)c(=O)c2c1. The van der Waals surface area contributed by atoms with Gasteiger partial charge >= 0.3 is 5.97 Å². The van der Waals surface area contributed by atoms with Gasteiger partial charge in [-0.1, -0.05) is 23.8 Å². The summed E-state index contributed by atoms with van der Waals surface area (Å²) in [5.41, 5.74) is 0.954. The molecule has 33 heavy (non-hydrogen) atoms. The number of aryl methyl sites for hydroxylation is 1. The number of carbonyl (C=O) groups excluding carboxylic acids is 3. The van der Waals surface area contributed by atoms with Crippen molar-refractivity contribution in [3.63, 3.8) is 0 Å². The highest BCUT2D eigenvalue weighted by Gasteiger charge is 2.41. The third-order valence-corrected chi connectivity index (χ3v) is 5.51. The van der Waals surface area contributed by atoms with Crippen LogP contribution in [0.2, 0.25) is 0 Å². The summed E-state index contributed by atoms with van der Waals surface area (Å²) in [6, 6.07) is 13.2. The lowest BCUT2D eigenvalue weighted by atomic mass is 10.1. The number of benzene rings is 2. The summed E-state index contributed by atoms with van der Waals surface area (Å²) in [4.78, 5) is 52.6. The first-order chi connectivity index (χ1) is 15.9. The van der Waals surface area contributed by atoms with Gasteiger partial charge in [-0.25, -0.2) is 4.79 Å². The van der Waals surface area contributed by atoms with Crippen molar-refractivity contribution in [2.45, 2.75) is 19.9 Å². The molecule has 0 saturated carbocycles. The fraction of sp³-hybridized carbons (Fsp3) is 0.120. The third kappa shape index (κ3) is 3.23. The van der Waals surface area contributed by atoms with Crippen LogP contribution < -0.4 is 10.2 Å². The summed E-state index contributed by atoms with van der Waals surface area (Å²) in [7, 11) is 0. The Balaban J connectivity index is 1.55. The molecule has 0 aliphatic carbocycles. The Morgan fingerprint density at radius 2 is 1.67 bits per heavy atom. The zero-order chi connectivity index (χ0) is 23.3. The van der Waals surface area contributed by atoms with Crippen LogP contribution >= 0.6 is 0 Å². The first-order valence-electron chi connectivity index (χ1n) is 10.2. The van der Waals surface area contributed by atoms with E-state index in [4.69, 9.17) is 13.6 Å². The lowest BCUT2D eigenvalue weighted by molar-refractivity contribution is -0.138. The van der Waals surface area contributed by atoms with Crippen LogP contribution in [0.3, 0.4) is 0 Å². The Bertz CT molecular complexity index is 1460. The molecule has 8 nitrogen and oxygen atoms in total. The van der Waals surface area contributed by atoms with E-state index in [1.165, 1.54) is 25.3 Å². The van der Waals surface area contributed by atoms with Crippen molar-refractivity contribution in [1.29, 1.82) is 0 Å². The van der Waals surface area contributed by atoms with Gasteiger partial charge in [-0.3, -0.25) is 19.3 Å². The minimum atomic E-state index is -1.28. The quantitative estimate of drug-likeness (QED) is 0.347.